The summed E-state index contributed by atoms with van der Waals surface area (Å²) in [6.07, 6.45) is 0.581. The van der Waals surface area contributed by atoms with Crippen molar-refractivity contribution < 1.29 is 13.3 Å². The van der Waals surface area contributed by atoms with Gasteiger partial charge in [0.15, 0.2) is 5.82 Å². The highest BCUT2D eigenvalue weighted by Gasteiger charge is 2.12. The Morgan fingerprint density at radius 3 is 2.47 bits per heavy atom. The largest absolute Gasteiger partial charge is 0.334 e. The predicted octanol–water partition coefficient (Wildman–Crippen LogP) is 2.59. The average Bonchev–Trinajstić information content (AvgIpc) is 2.76. The van der Waals surface area contributed by atoms with Gasteiger partial charge in [-0.05, 0) is 26.1 Å². The molecule has 104 valence electrons. The van der Waals surface area contributed by atoms with Gasteiger partial charge in [-0.2, -0.15) is 4.98 Å². The zero-order valence-corrected chi connectivity index (χ0v) is 11.3. The molecule has 1 aromatic carbocycles. The van der Waals surface area contributed by atoms with Crippen molar-refractivity contribution in [3.8, 4) is 11.5 Å². The summed E-state index contributed by atoms with van der Waals surface area (Å²) in [7, 11) is 1.83. The normalized spacial score (nSPS) is 12.0. The van der Waals surface area contributed by atoms with Crippen LogP contribution in [0.5, 0.6) is 0 Å². The van der Waals surface area contributed by atoms with Crippen molar-refractivity contribution in [2.75, 3.05) is 7.05 Å². The molecule has 19 heavy (non-hydrogen) atoms. The molecule has 1 atom stereocenters. The van der Waals surface area contributed by atoms with Crippen molar-refractivity contribution in [3.63, 3.8) is 0 Å². The molecule has 0 aliphatic carbocycles. The summed E-state index contributed by atoms with van der Waals surface area (Å²) in [5.74, 6) is -0.732. The van der Waals surface area contributed by atoms with E-state index < -0.39 is 11.6 Å². The van der Waals surface area contributed by atoms with Gasteiger partial charge in [0.25, 0.3) is 5.89 Å². The van der Waals surface area contributed by atoms with E-state index in [1.807, 2.05) is 14.0 Å². The topological polar surface area (TPSA) is 51.0 Å². The number of hydrogen-bond donors (Lipinski definition) is 1. The zero-order valence-electron chi connectivity index (χ0n) is 10.5. The van der Waals surface area contributed by atoms with E-state index in [9.17, 15) is 8.78 Å². The molecule has 1 aromatic heterocycles. The molecule has 0 saturated heterocycles. The second-order valence-corrected chi connectivity index (χ2v) is 4.07. The molecule has 0 aliphatic rings. The third kappa shape index (κ3) is 3.97. The molecule has 4 nitrogen and oxygen atoms in total. The van der Waals surface area contributed by atoms with Crippen molar-refractivity contribution in [1.82, 2.24) is 15.5 Å². The number of aromatic nitrogens is 2. The van der Waals surface area contributed by atoms with Gasteiger partial charge in [0.1, 0.15) is 11.6 Å². The van der Waals surface area contributed by atoms with Gasteiger partial charge in [-0.3, -0.25) is 0 Å². The lowest BCUT2D eigenvalue weighted by Gasteiger charge is -2.04. The van der Waals surface area contributed by atoms with Gasteiger partial charge < -0.3 is 9.84 Å². The molecule has 0 fully saturated rings. The molecule has 1 unspecified atom stereocenters. The lowest BCUT2D eigenvalue weighted by molar-refractivity contribution is 0.417. The minimum atomic E-state index is -0.673. The molecule has 1 N–H and O–H groups in total. The first-order valence-corrected chi connectivity index (χ1v) is 5.55. The van der Waals surface area contributed by atoms with Crippen LogP contribution in [0.15, 0.2) is 22.7 Å². The van der Waals surface area contributed by atoms with Gasteiger partial charge in [0.2, 0.25) is 0 Å². The van der Waals surface area contributed by atoms with Crippen LogP contribution in [0.3, 0.4) is 0 Å². The van der Waals surface area contributed by atoms with Crippen molar-refractivity contribution in [3.05, 3.63) is 35.7 Å². The number of hydrogen-bond acceptors (Lipinski definition) is 4. The molecule has 2 rings (SSSR count). The van der Waals surface area contributed by atoms with Crippen molar-refractivity contribution in [2.45, 2.75) is 19.4 Å². The molecular formula is C12H14ClF2N3O. The summed E-state index contributed by atoms with van der Waals surface area (Å²) in [5.41, 5.74) is 0.239. The molecule has 0 bridgehead atoms. The van der Waals surface area contributed by atoms with E-state index >= 15 is 0 Å². The molecule has 2 aromatic rings. The predicted molar refractivity (Wildman–Crippen MR) is 69.1 cm³/mol. The highest BCUT2D eigenvalue weighted by atomic mass is 35.5. The monoisotopic (exact) mass is 289 g/mol. The molecule has 0 radical (unpaired) electrons. The van der Waals surface area contributed by atoms with Crippen LogP contribution in [-0.2, 0) is 6.42 Å². The molecule has 0 aliphatic heterocycles. The number of nitrogens with one attached hydrogen (secondary N) is 1. The van der Waals surface area contributed by atoms with Crippen LogP contribution in [0, 0.1) is 11.6 Å². The molecular weight excluding hydrogens is 276 g/mol. The summed E-state index contributed by atoms with van der Waals surface area (Å²) in [5, 5.41) is 6.81. The van der Waals surface area contributed by atoms with E-state index in [2.05, 4.69) is 15.5 Å². The van der Waals surface area contributed by atoms with Gasteiger partial charge >= 0.3 is 0 Å². The maximum atomic E-state index is 13.0. The van der Waals surface area contributed by atoms with E-state index in [0.717, 1.165) is 18.2 Å². The number of benzene rings is 1. The van der Waals surface area contributed by atoms with Crippen LogP contribution >= 0.6 is 12.4 Å². The fourth-order valence-corrected chi connectivity index (χ4v) is 1.51. The summed E-state index contributed by atoms with van der Waals surface area (Å²) in [4.78, 5) is 4.10. The summed E-state index contributed by atoms with van der Waals surface area (Å²) >= 11 is 0. The lowest BCUT2D eigenvalue weighted by atomic mass is 10.2. The Balaban J connectivity index is 0.00000180. The third-order valence-electron chi connectivity index (χ3n) is 2.56. The Hall–Kier alpha value is -1.53. The number of halogens is 3. The highest BCUT2D eigenvalue weighted by molar-refractivity contribution is 5.85. The van der Waals surface area contributed by atoms with Gasteiger partial charge in [0.05, 0.1) is 0 Å². The van der Waals surface area contributed by atoms with Crippen LogP contribution in [0.4, 0.5) is 8.78 Å². The number of rotatable bonds is 4. The molecule has 1 heterocycles. The van der Waals surface area contributed by atoms with Gasteiger partial charge in [-0.1, -0.05) is 5.16 Å². The van der Waals surface area contributed by atoms with Crippen molar-refractivity contribution in [1.29, 1.82) is 0 Å². The smallest absolute Gasteiger partial charge is 0.258 e. The third-order valence-corrected chi connectivity index (χ3v) is 2.56. The minimum Gasteiger partial charge on any atom is -0.334 e. The van der Waals surface area contributed by atoms with Gasteiger partial charge in [-0.15, -0.1) is 12.4 Å². The van der Waals surface area contributed by atoms with Crippen LogP contribution in [0.2, 0.25) is 0 Å². The quantitative estimate of drug-likeness (QED) is 0.940. The highest BCUT2D eigenvalue weighted by Crippen LogP contribution is 2.20. The van der Waals surface area contributed by atoms with Gasteiger partial charge in [0, 0.05) is 24.1 Å². The number of likely N-dealkylation sites (N-methyl/N-ethyl adjacent to an activating group) is 1. The summed E-state index contributed by atoms with van der Waals surface area (Å²) in [6.45, 7) is 1.97. The van der Waals surface area contributed by atoms with Crippen LogP contribution in [-0.4, -0.2) is 23.2 Å². The van der Waals surface area contributed by atoms with Crippen molar-refractivity contribution in [2.24, 2.45) is 0 Å². The number of nitrogens with zero attached hydrogens (tertiary/aromatic N) is 2. The maximum absolute atomic E-state index is 13.0. The Labute approximate surface area is 115 Å². The lowest BCUT2D eigenvalue weighted by Crippen LogP contribution is -2.24. The van der Waals surface area contributed by atoms with Crippen LogP contribution in [0.1, 0.15) is 12.7 Å². The first-order valence-electron chi connectivity index (χ1n) is 5.55. The Bertz CT molecular complexity index is 527. The Morgan fingerprint density at radius 1 is 1.26 bits per heavy atom. The summed E-state index contributed by atoms with van der Waals surface area (Å²) in [6, 6.07) is 3.30. The van der Waals surface area contributed by atoms with Crippen LogP contribution in [0.25, 0.3) is 11.5 Å². The summed E-state index contributed by atoms with van der Waals surface area (Å²) < 4.78 is 31.1. The Kier molecular flexibility index (Phi) is 5.38. The van der Waals surface area contributed by atoms with E-state index in [4.69, 9.17) is 4.52 Å². The molecule has 0 spiro atoms. The fraction of sp³-hybridized carbons (Fsp3) is 0.333. The second-order valence-electron chi connectivity index (χ2n) is 4.07. The zero-order chi connectivity index (χ0) is 13.1. The first-order chi connectivity index (χ1) is 8.58. The van der Waals surface area contributed by atoms with E-state index in [0.29, 0.717) is 12.2 Å². The van der Waals surface area contributed by atoms with E-state index in [-0.39, 0.29) is 29.9 Å². The fourth-order valence-electron chi connectivity index (χ4n) is 1.51. The standard InChI is InChI=1S/C12H13F2N3O.ClH/c1-7(15-2)3-11-16-12(18-17-11)8-4-9(13)6-10(14)5-8;/h4-7,15H,3H2,1-2H3;1H. The van der Waals surface area contributed by atoms with E-state index in [1.165, 1.54) is 0 Å². The average molecular weight is 290 g/mol. The minimum absolute atomic E-state index is 0. The first kappa shape index (κ1) is 15.5. The molecule has 7 heteroatoms. The second kappa shape index (κ2) is 6.58. The molecule has 0 amide bonds. The Morgan fingerprint density at radius 2 is 1.89 bits per heavy atom. The van der Waals surface area contributed by atoms with E-state index in [1.54, 1.807) is 0 Å². The van der Waals surface area contributed by atoms with Crippen molar-refractivity contribution >= 4 is 12.4 Å². The SMILES string of the molecule is CNC(C)Cc1noc(-c2cc(F)cc(F)c2)n1.Cl. The van der Waals surface area contributed by atoms with Crippen LogP contribution < -0.4 is 5.32 Å². The molecule has 0 saturated carbocycles. The van der Waals surface area contributed by atoms with Gasteiger partial charge in [-0.25, -0.2) is 8.78 Å². The maximum Gasteiger partial charge on any atom is 0.258 e.